The van der Waals surface area contributed by atoms with Gasteiger partial charge in [0.15, 0.2) is 0 Å². The van der Waals surface area contributed by atoms with E-state index >= 15 is 0 Å². The summed E-state index contributed by atoms with van der Waals surface area (Å²) in [5.41, 5.74) is 8.12. The van der Waals surface area contributed by atoms with Crippen LogP contribution in [-0.2, 0) is 4.79 Å². The van der Waals surface area contributed by atoms with E-state index in [9.17, 15) is 4.79 Å². The molecule has 21 heavy (non-hydrogen) atoms. The zero-order chi connectivity index (χ0) is 15.4. The van der Waals surface area contributed by atoms with Gasteiger partial charge in [-0.15, -0.1) is 0 Å². The summed E-state index contributed by atoms with van der Waals surface area (Å²) in [5.74, 6) is 0.222. The molecule has 3 N–H and O–H groups in total. The number of hydrogen-bond donors (Lipinski definition) is 2. The number of carbonyl (C=O) groups is 1. The second-order valence-electron chi connectivity index (χ2n) is 4.69. The normalized spacial score (nSPS) is 11.8. The van der Waals surface area contributed by atoms with Gasteiger partial charge in [-0.05, 0) is 36.2 Å². The van der Waals surface area contributed by atoms with Crippen LogP contribution < -0.4 is 15.8 Å². The average Bonchev–Trinajstić information content (AvgIpc) is 2.48. The Morgan fingerprint density at radius 2 is 2.00 bits per heavy atom. The van der Waals surface area contributed by atoms with E-state index in [2.05, 4.69) is 21.2 Å². The molecule has 0 saturated heterocycles. The Hall–Kier alpha value is -2.01. The molecule has 0 saturated carbocycles. The number of halogens is 1. The van der Waals surface area contributed by atoms with Crippen molar-refractivity contribution in [2.75, 3.05) is 12.4 Å². The highest BCUT2D eigenvalue weighted by Gasteiger charge is 2.19. The molecule has 0 spiro atoms. The van der Waals surface area contributed by atoms with Crippen molar-refractivity contribution < 1.29 is 9.53 Å². The molecule has 1 amide bonds. The number of rotatable bonds is 5. The Morgan fingerprint density at radius 1 is 1.29 bits per heavy atom. The molecule has 2 aromatic rings. The van der Waals surface area contributed by atoms with Crippen LogP contribution in [0.15, 0.2) is 46.9 Å². The van der Waals surface area contributed by atoms with Crippen molar-refractivity contribution in [2.45, 2.75) is 13.0 Å². The highest BCUT2D eigenvalue weighted by molar-refractivity contribution is 9.10. The summed E-state index contributed by atoms with van der Waals surface area (Å²) in [6.07, 6.45) is 0. The van der Waals surface area contributed by atoms with E-state index in [1.165, 1.54) is 0 Å². The molecule has 0 radical (unpaired) electrons. The molecule has 1 atom stereocenters. The number of nitrogens with two attached hydrogens (primary N) is 1. The Balaban J connectivity index is 2.35. The predicted octanol–water partition coefficient (Wildman–Crippen LogP) is 3.40. The minimum atomic E-state index is -0.618. The SMILES string of the molecule is COc1ccccc1NC(C(N)=O)c1ccc(Br)c(C)c1. The molecular weight excluding hydrogens is 332 g/mol. The zero-order valence-corrected chi connectivity index (χ0v) is 13.5. The van der Waals surface area contributed by atoms with Gasteiger partial charge in [0.25, 0.3) is 0 Å². The predicted molar refractivity (Wildman–Crippen MR) is 87.4 cm³/mol. The van der Waals surface area contributed by atoms with E-state index in [-0.39, 0.29) is 0 Å². The van der Waals surface area contributed by atoms with E-state index in [1.807, 2.05) is 49.4 Å². The second-order valence-corrected chi connectivity index (χ2v) is 5.54. The summed E-state index contributed by atoms with van der Waals surface area (Å²) >= 11 is 3.45. The minimum absolute atomic E-state index is 0.442. The van der Waals surface area contributed by atoms with Crippen LogP contribution in [-0.4, -0.2) is 13.0 Å². The third-order valence-electron chi connectivity index (χ3n) is 3.21. The van der Waals surface area contributed by atoms with E-state index in [0.29, 0.717) is 5.75 Å². The topological polar surface area (TPSA) is 64.3 Å². The maximum absolute atomic E-state index is 11.8. The van der Waals surface area contributed by atoms with Crippen LogP contribution in [0.3, 0.4) is 0 Å². The first-order chi connectivity index (χ1) is 10.0. The standard InChI is InChI=1S/C16H17BrN2O2/c1-10-9-11(7-8-12(10)17)15(16(18)20)19-13-5-3-4-6-14(13)21-2/h3-9,15,19H,1-2H3,(H2,18,20). The molecule has 110 valence electrons. The first-order valence-electron chi connectivity index (χ1n) is 6.48. The lowest BCUT2D eigenvalue weighted by molar-refractivity contribution is -0.118. The van der Waals surface area contributed by atoms with Gasteiger partial charge >= 0.3 is 0 Å². The van der Waals surface area contributed by atoms with Crippen LogP contribution in [0.2, 0.25) is 0 Å². The van der Waals surface area contributed by atoms with Crippen LogP contribution in [0.1, 0.15) is 17.2 Å². The van der Waals surface area contributed by atoms with E-state index in [0.717, 1.165) is 21.3 Å². The van der Waals surface area contributed by atoms with Gasteiger partial charge in [-0.3, -0.25) is 4.79 Å². The number of amides is 1. The molecule has 2 aromatic carbocycles. The molecule has 4 nitrogen and oxygen atoms in total. The fraction of sp³-hybridized carbons (Fsp3) is 0.188. The van der Waals surface area contributed by atoms with Crippen LogP contribution in [0.25, 0.3) is 0 Å². The Kier molecular flexibility index (Phi) is 4.85. The van der Waals surface area contributed by atoms with Crippen LogP contribution in [0, 0.1) is 6.92 Å². The van der Waals surface area contributed by atoms with Crippen LogP contribution >= 0.6 is 15.9 Å². The molecule has 2 rings (SSSR count). The summed E-state index contributed by atoms with van der Waals surface area (Å²) < 4.78 is 6.27. The molecule has 0 aromatic heterocycles. The number of aryl methyl sites for hydroxylation is 1. The number of primary amides is 1. The highest BCUT2D eigenvalue weighted by Crippen LogP contribution is 2.29. The highest BCUT2D eigenvalue weighted by atomic mass is 79.9. The number of carbonyl (C=O) groups excluding carboxylic acids is 1. The zero-order valence-electron chi connectivity index (χ0n) is 11.9. The van der Waals surface area contributed by atoms with Crippen molar-refractivity contribution in [3.8, 4) is 5.75 Å². The number of methoxy groups -OCH3 is 1. The van der Waals surface area contributed by atoms with Gasteiger partial charge < -0.3 is 15.8 Å². The quantitative estimate of drug-likeness (QED) is 0.870. The molecule has 5 heteroatoms. The van der Waals surface area contributed by atoms with Gasteiger partial charge in [0.2, 0.25) is 5.91 Å². The average molecular weight is 349 g/mol. The fourth-order valence-corrected chi connectivity index (χ4v) is 2.33. The lowest BCUT2D eigenvalue weighted by Crippen LogP contribution is -2.28. The smallest absolute Gasteiger partial charge is 0.244 e. The maximum atomic E-state index is 11.8. The van der Waals surface area contributed by atoms with E-state index in [1.54, 1.807) is 7.11 Å². The number of ether oxygens (including phenoxy) is 1. The summed E-state index contributed by atoms with van der Waals surface area (Å²) in [6.45, 7) is 1.97. The van der Waals surface area contributed by atoms with Crippen molar-refractivity contribution >= 4 is 27.5 Å². The minimum Gasteiger partial charge on any atom is -0.495 e. The summed E-state index contributed by atoms with van der Waals surface area (Å²) in [5, 5.41) is 3.15. The van der Waals surface area contributed by atoms with Gasteiger partial charge in [-0.2, -0.15) is 0 Å². The molecule has 0 aliphatic rings. The van der Waals surface area contributed by atoms with Gasteiger partial charge in [-0.1, -0.05) is 40.2 Å². The molecule has 0 bridgehead atoms. The Bertz CT molecular complexity index is 658. The largest absolute Gasteiger partial charge is 0.495 e. The number of nitrogens with one attached hydrogen (secondary N) is 1. The van der Waals surface area contributed by atoms with Crippen molar-refractivity contribution in [2.24, 2.45) is 5.73 Å². The fourth-order valence-electron chi connectivity index (χ4n) is 2.09. The lowest BCUT2D eigenvalue weighted by Gasteiger charge is -2.19. The van der Waals surface area contributed by atoms with E-state index in [4.69, 9.17) is 10.5 Å². The number of anilines is 1. The van der Waals surface area contributed by atoms with Crippen LogP contribution in [0.5, 0.6) is 5.75 Å². The maximum Gasteiger partial charge on any atom is 0.244 e. The second kappa shape index (κ2) is 6.63. The first kappa shape index (κ1) is 15.4. The van der Waals surface area contributed by atoms with E-state index < -0.39 is 11.9 Å². The van der Waals surface area contributed by atoms with Gasteiger partial charge in [0.05, 0.1) is 12.8 Å². The molecule has 1 unspecified atom stereocenters. The first-order valence-corrected chi connectivity index (χ1v) is 7.27. The number of para-hydroxylation sites is 2. The Labute approximate surface area is 132 Å². The summed E-state index contributed by atoms with van der Waals surface area (Å²) in [7, 11) is 1.59. The Morgan fingerprint density at radius 3 is 2.62 bits per heavy atom. The number of benzene rings is 2. The third-order valence-corrected chi connectivity index (χ3v) is 4.10. The molecule has 0 heterocycles. The van der Waals surface area contributed by atoms with Gasteiger partial charge in [0.1, 0.15) is 11.8 Å². The third kappa shape index (κ3) is 3.55. The molecule has 0 fully saturated rings. The summed E-state index contributed by atoms with van der Waals surface area (Å²) in [6, 6.07) is 12.5. The van der Waals surface area contributed by atoms with Crippen molar-refractivity contribution in [1.82, 2.24) is 0 Å². The van der Waals surface area contributed by atoms with Gasteiger partial charge in [0, 0.05) is 4.47 Å². The molecule has 0 aliphatic heterocycles. The van der Waals surface area contributed by atoms with Crippen molar-refractivity contribution in [3.05, 3.63) is 58.1 Å². The van der Waals surface area contributed by atoms with Crippen LogP contribution in [0.4, 0.5) is 5.69 Å². The van der Waals surface area contributed by atoms with Crippen molar-refractivity contribution in [3.63, 3.8) is 0 Å². The van der Waals surface area contributed by atoms with Gasteiger partial charge in [-0.25, -0.2) is 0 Å². The lowest BCUT2D eigenvalue weighted by atomic mass is 10.0. The molecule has 0 aliphatic carbocycles. The monoisotopic (exact) mass is 348 g/mol. The number of hydrogen-bond acceptors (Lipinski definition) is 3. The van der Waals surface area contributed by atoms with Crippen molar-refractivity contribution in [1.29, 1.82) is 0 Å². The molecular formula is C16H17BrN2O2. The summed E-state index contributed by atoms with van der Waals surface area (Å²) in [4.78, 5) is 11.8.